The minimum atomic E-state index is -1.69. The molecule has 3 heterocycles. The number of carbonyl (C=O) groups is 1. The minimum Gasteiger partial charge on any atom is -0.394 e. The molecule has 20 heteroatoms. The Hall–Kier alpha value is -3.33. The number of aryl methyl sites for hydroxylation is 1. The fourth-order valence-electron chi connectivity index (χ4n) is 9.43. The first-order chi connectivity index (χ1) is 30.2. The molecular weight excluding hydrogens is 826 g/mol. The number of carbonyl (C=O) groups excluding carboxylic acids is 1. The molecule has 4 aromatic carbocycles. The third kappa shape index (κ3) is 9.00. The lowest BCUT2D eigenvalue weighted by atomic mass is 9.84. The van der Waals surface area contributed by atoms with E-state index in [2.05, 4.69) is 53.8 Å². The zero-order chi connectivity index (χ0) is 44.9. The van der Waals surface area contributed by atoms with E-state index in [1.807, 2.05) is 6.07 Å². The number of nitrogens with two attached hydrogens (primary N) is 4. The summed E-state index contributed by atoms with van der Waals surface area (Å²) >= 11 is 0. The van der Waals surface area contributed by atoms with E-state index < -0.39 is 129 Å². The number of hydrogen-bond donors (Lipinski definition) is 13. The van der Waals surface area contributed by atoms with Crippen LogP contribution in [0.2, 0.25) is 0 Å². The van der Waals surface area contributed by atoms with Crippen LogP contribution in [0.3, 0.4) is 0 Å². The molecule has 0 bridgehead atoms. The van der Waals surface area contributed by atoms with Crippen molar-refractivity contribution in [2.75, 3.05) is 19.8 Å². The van der Waals surface area contributed by atoms with Crippen molar-refractivity contribution >= 4 is 38.2 Å². The van der Waals surface area contributed by atoms with Crippen LogP contribution in [0.25, 0.3) is 32.3 Å². The summed E-state index contributed by atoms with van der Waals surface area (Å²) in [6, 6.07) is 14.4. The average molecular weight is 886 g/mol. The highest BCUT2D eigenvalue weighted by Crippen LogP contribution is 2.37. The van der Waals surface area contributed by atoms with Gasteiger partial charge in [-0.3, -0.25) is 4.79 Å². The van der Waals surface area contributed by atoms with Gasteiger partial charge in [-0.25, -0.2) is 0 Å². The van der Waals surface area contributed by atoms with Gasteiger partial charge in [-0.2, -0.15) is 0 Å². The summed E-state index contributed by atoms with van der Waals surface area (Å²) in [5.74, 6) is -0.309. The van der Waals surface area contributed by atoms with Crippen LogP contribution in [0.5, 0.6) is 0 Å². The van der Waals surface area contributed by atoms with Gasteiger partial charge < -0.3 is 97.5 Å². The van der Waals surface area contributed by atoms with Gasteiger partial charge in [0.1, 0.15) is 67.1 Å². The van der Waals surface area contributed by atoms with Gasteiger partial charge in [0.05, 0.1) is 31.4 Å². The predicted octanol–water partition coefficient (Wildman–Crippen LogP) is -3.78. The third-order valence-corrected chi connectivity index (χ3v) is 13.1. The lowest BCUT2D eigenvalue weighted by molar-refractivity contribution is -0.310. The van der Waals surface area contributed by atoms with E-state index in [9.17, 15) is 45.6 Å². The first-order valence-corrected chi connectivity index (χ1v) is 21.4. The van der Waals surface area contributed by atoms with Crippen LogP contribution >= 0.6 is 0 Å². The second-order valence-corrected chi connectivity index (χ2v) is 17.2. The number of nitrogens with one attached hydrogen (secondary N) is 1. The van der Waals surface area contributed by atoms with Crippen LogP contribution in [0.1, 0.15) is 24.8 Å². The zero-order valence-electron chi connectivity index (χ0n) is 34.4. The Labute approximate surface area is 361 Å². The van der Waals surface area contributed by atoms with Crippen LogP contribution < -0.4 is 28.3 Å². The smallest absolute Gasteiger partial charge is 0.220 e. The van der Waals surface area contributed by atoms with Crippen molar-refractivity contribution in [3.05, 3.63) is 60.2 Å². The van der Waals surface area contributed by atoms with E-state index in [1.54, 1.807) is 0 Å². The Morgan fingerprint density at radius 1 is 0.603 bits per heavy atom. The quantitative estimate of drug-likeness (QED) is 0.0540. The molecule has 20 nitrogen and oxygen atoms in total. The molecule has 1 amide bonds. The maximum absolute atomic E-state index is 13.1. The highest BCUT2D eigenvalue weighted by Gasteiger charge is 2.54. The summed E-state index contributed by atoms with van der Waals surface area (Å²) in [5.41, 5.74) is 26.0. The topological polar surface area (TPSA) is 350 Å². The van der Waals surface area contributed by atoms with Crippen molar-refractivity contribution in [2.24, 2.45) is 22.9 Å². The van der Waals surface area contributed by atoms with E-state index in [4.69, 9.17) is 51.4 Å². The van der Waals surface area contributed by atoms with Crippen molar-refractivity contribution < 1.29 is 74.1 Å². The van der Waals surface area contributed by atoms with Gasteiger partial charge in [-0.15, -0.1) is 0 Å². The molecule has 0 aromatic heterocycles. The number of benzene rings is 4. The number of amides is 1. The van der Waals surface area contributed by atoms with E-state index in [0.29, 0.717) is 12.8 Å². The molecule has 17 N–H and O–H groups in total. The molecule has 346 valence electrons. The van der Waals surface area contributed by atoms with Crippen LogP contribution in [-0.4, -0.2) is 183 Å². The van der Waals surface area contributed by atoms with Gasteiger partial charge in [0.15, 0.2) is 18.9 Å². The molecule has 3 aliphatic heterocycles. The molecule has 4 fully saturated rings. The fourth-order valence-corrected chi connectivity index (χ4v) is 9.43. The number of hydrogen-bond acceptors (Lipinski definition) is 19. The van der Waals surface area contributed by atoms with Gasteiger partial charge in [0.25, 0.3) is 0 Å². The molecule has 0 unspecified atom stereocenters. The van der Waals surface area contributed by atoms with Crippen molar-refractivity contribution in [1.82, 2.24) is 5.32 Å². The summed E-state index contributed by atoms with van der Waals surface area (Å²) in [4.78, 5) is 13.1. The minimum absolute atomic E-state index is 0.0382. The van der Waals surface area contributed by atoms with Gasteiger partial charge in [-0.05, 0) is 57.1 Å². The fraction of sp³-hybridized carbons (Fsp3) is 0.605. The van der Waals surface area contributed by atoms with Gasteiger partial charge in [-0.1, -0.05) is 54.6 Å². The van der Waals surface area contributed by atoms with Gasteiger partial charge >= 0.3 is 0 Å². The molecule has 3 saturated heterocycles. The first kappa shape index (κ1) is 46.2. The molecular formula is C43H59N5O15. The van der Waals surface area contributed by atoms with Crippen molar-refractivity contribution in [3.63, 3.8) is 0 Å². The predicted molar refractivity (Wildman–Crippen MR) is 223 cm³/mol. The summed E-state index contributed by atoms with van der Waals surface area (Å²) in [5, 5.41) is 94.9. The number of aliphatic hydroxyl groups is 8. The monoisotopic (exact) mass is 885 g/mol. The summed E-state index contributed by atoms with van der Waals surface area (Å²) < 4.78 is 35.5. The van der Waals surface area contributed by atoms with Crippen molar-refractivity contribution in [1.29, 1.82) is 0 Å². The van der Waals surface area contributed by atoms with Crippen LogP contribution in [0, 0.1) is 0 Å². The highest BCUT2D eigenvalue weighted by molar-refractivity contribution is 6.23. The van der Waals surface area contributed by atoms with Crippen LogP contribution in [-0.2, 0) is 39.6 Å². The molecule has 4 aliphatic rings. The zero-order valence-corrected chi connectivity index (χ0v) is 34.4. The molecule has 0 spiro atoms. The standard InChI is InChI=1S/C43H59N5O15/c44-22-13-23(45)38(61-42-31(47)36(56)34(54)25(15-49)59-42)40(32(22)52)63-43-37(57)39(26(16-50)60-43)62-41-30(46)35(55)33(53)24(58-41)14-48-27(51)6-2-3-17-7-8-20-10-9-18-4-1-5-19-11-12-21(17)29(20)28(18)19/h1,4-5,7-12,22-26,30-43,49-50,52-57H,2-3,6,13-16,44-47H2,(H,48,51)/t22-,23+,24+,25-,26-,30-,31-,32+,33-,34-,35-,36-,37-,38-,39-,40-,41-,42-,43+/m1/s1. The summed E-state index contributed by atoms with van der Waals surface area (Å²) in [6.07, 6.45) is -20.3. The van der Waals surface area contributed by atoms with Crippen molar-refractivity contribution in [3.8, 4) is 0 Å². The third-order valence-electron chi connectivity index (χ3n) is 13.1. The molecule has 4 aromatic rings. The Morgan fingerprint density at radius 3 is 1.83 bits per heavy atom. The number of aliphatic hydroxyl groups excluding tert-OH is 8. The van der Waals surface area contributed by atoms with E-state index in [1.165, 1.54) is 21.5 Å². The molecule has 1 aliphatic carbocycles. The van der Waals surface area contributed by atoms with E-state index >= 15 is 0 Å². The maximum Gasteiger partial charge on any atom is 0.220 e. The van der Waals surface area contributed by atoms with E-state index in [-0.39, 0.29) is 25.3 Å². The van der Waals surface area contributed by atoms with Crippen LogP contribution in [0.4, 0.5) is 0 Å². The maximum atomic E-state index is 13.1. The number of ether oxygens (including phenoxy) is 6. The van der Waals surface area contributed by atoms with Crippen molar-refractivity contribution in [2.45, 2.75) is 142 Å². The molecule has 63 heavy (non-hydrogen) atoms. The van der Waals surface area contributed by atoms with Gasteiger partial charge in [0, 0.05) is 25.0 Å². The highest BCUT2D eigenvalue weighted by atomic mass is 16.8. The molecule has 1 saturated carbocycles. The molecule has 0 radical (unpaired) electrons. The summed E-state index contributed by atoms with van der Waals surface area (Å²) in [7, 11) is 0. The Bertz CT molecular complexity index is 2160. The Kier molecular flexibility index (Phi) is 14.1. The second-order valence-electron chi connectivity index (χ2n) is 17.2. The lowest BCUT2D eigenvalue weighted by Gasteiger charge is -2.47. The summed E-state index contributed by atoms with van der Waals surface area (Å²) in [6.45, 7) is -1.60. The largest absolute Gasteiger partial charge is 0.394 e. The van der Waals surface area contributed by atoms with E-state index in [0.717, 1.165) is 16.3 Å². The number of rotatable bonds is 14. The SMILES string of the molecule is N[C@H]1[C@@H](O[C@H]2[C@@H](O)[C@H](O[C@@H]3[C@@H](O)[C@H](N)C[C@H](N)[C@H]3O[C@H]3O[C@H](CO)[C@@H](O)[C@H](O)[C@H]3N)O[C@@H]2CO)O[C@@H](CNC(=O)CCCc2ccc3ccc4cccc5ccc2c3c45)[C@@H](O)[C@@H]1O. The van der Waals surface area contributed by atoms with Gasteiger partial charge in [0.2, 0.25) is 5.91 Å². The average Bonchev–Trinajstić information content (AvgIpc) is 3.58. The first-order valence-electron chi connectivity index (χ1n) is 21.4. The van der Waals surface area contributed by atoms with Crippen LogP contribution in [0.15, 0.2) is 54.6 Å². The Balaban J connectivity index is 0.879. The molecule has 8 rings (SSSR count). The Morgan fingerprint density at radius 2 is 1.16 bits per heavy atom. The normalized spacial score (nSPS) is 40.0. The molecule has 19 atom stereocenters. The second kappa shape index (κ2) is 19.3. The lowest BCUT2D eigenvalue weighted by Crippen LogP contribution is -2.68.